The first-order chi connectivity index (χ1) is 6.77. The molecular formula is C7H5N4NaO2S. The van der Waals surface area contributed by atoms with Gasteiger partial charge in [-0.2, -0.15) is 0 Å². The molecule has 15 heavy (non-hydrogen) atoms. The molecule has 2 aromatic rings. The average Bonchev–Trinajstić information content (AvgIpc) is 2.71. The van der Waals surface area contributed by atoms with E-state index in [1.807, 2.05) is 0 Å². The van der Waals surface area contributed by atoms with E-state index in [1.54, 1.807) is 12.1 Å². The van der Waals surface area contributed by atoms with Gasteiger partial charge in [0.2, 0.25) is 0 Å². The predicted molar refractivity (Wildman–Crippen MR) is 46.3 cm³/mol. The van der Waals surface area contributed by atoms with Gasteiger partial charge in [0.1, 0.15) is 6.33 Å². The van der Waals surface area contributed by atoms with Crippen LogP contribution in [-0.2, 0) is 11.1 Å². The Bertz CT molecular complexity index is 462. The van der Waals surface area contributed by atoms with Gasteiger partial charge in [0.25, 0.3) is 0 Å². The average molecular weight is 232 g/mol. The first kappa shape index (κ1) is 12.5. The van der Waals surface area contributed by atoms with E-state index in [9.17, 15) is 8.76 Å². The van der Waals surface area contributed by atoms with Crippen molar-refractivity contribution in [2.24, 2.45) is 0 Å². The van der Waals surface area contributed by atoms with Crippen LogP contribution in [0.15, 0.2) is 35.5 Å². The third-order valence-corrected chi connectivity index (χ3v) is 2.26. The second-order valence-electron chi connectivity index (χ2n) is 2.49. The van der Waals surface area contributed by atoms with Crippen molar-refractivity contribution in [3.63, 3.8) is 0 Å². The molecule has 0 spiro atoms. The minimum Gasteiger partial charge on any atom is -0.768 e. The van der Waals surface area contributed by atoms with Crippen molar-refractivity contribution >= 4 is 11.1 Å². The largest absolute Gasteiger partial charge is 1.00 e. The van der Waals surface area contributed by atoms with E-state index in [1.165, 1.54) is 23.1 Å². The Labute approximate surface area is 110 Å². The van der Waals surface area contributed by atoms with Crippen molar-refractivity contribution in [3.05, 3.63) is 30.6 Å². The minimum atomic E-state index is -2.23. The van der Waals surface area contributed by atoms with E-state index in [-0.39, 0.29) is 34.5 Å². The van der Waals surface area contributed by atoms with Gasteiger partial charge in [-0.3, -0.25) is 4.21 Å². The Balaban J connectivity index is 0.00000112. The van der Waals surface area contributed by atoms with E-state index >= 15 is 0 Å². The third kappa shape index (κ3) is 2.93. The molecule has 0 amide bonds. The molecule has 6 nitrogen and oxygen atoms in total. The summed E-state index contributed by atoms with van der Waals surface area (Å²) in [5, 5.41) is 10.5. The summed E-state index contributed by atoms with van der Waals surface area (Å²) in [6.45, 7) is 0. The fourth-order valence-electron chi connectivity index (χ4n) is 1.01. The van der Waals surface area contributed by atoms with Crippen LogP contribution in [0.2, 0.25) is 0 Å². The first-order valence-corrected chi connectivity index (χ1v) is 4.77. The summed E-state index contributed by atoms with van der Waals surface area (Å²) in [4.78, 5) is 0.206. The number of tetrazole rings is 1. The van der Waals surface area contributed by atoms with Crippen LogP contribution in [-0.4, -0.2) is 29.0 Å². The van der Waals surface area contributed by atoms with E-state index < -0.39 is 11.1 Å². The van der Waals surface area contributed by atoms with Crippen LogP contribution in [0.1, 0.15) is 0 Å². The molecule has 1 atom stereocenters. The standard InChI is InChI=1S/C7H6N4O2S.Na/c12-14(13)7-3-1-2-6(4-7)11-5-8-9-10-11;/h1-5H,(H,12,13);/q;+1/p-1. The van der Waals surface area contributed by atoms with E-state index in [4.69, 9.17) is 0 Å². The molecule has 0 saturated carbocycles. The fourth-order valence-corrected chi connectivity index (χ4v) is 1.42. The summed E-state index contributed by atoms with van der Waals surface area (Å²) < 4.78 is 22.7. The molecule has 2 rings (SSSR count). The Morgan fingerprint density at radius 2 is 2.20 bits per heavy atom. The van der Waals surface area contributed by atoms with Crippen LogP contribution in [0.25, 0.3) is 5.69 Å². The molecule has 0 fully saturated rings. The van der Waals surface area contributed by atoms with Crippen molar-refractivity contribution in [3.8, 4) is 5.69 Å². The summed E-state index contributed by atoms with van der Waals surface area (Å²) in [5.74, 6) is 0. The Morgan fingerprint density at radius 3 is 2.80 bits per heavy atom. The summed E-state index contributed by atoms with van der Waals surface area (Å²) in [6.07, 6.45) is 1.40. The Hall–Kier alpha value is -0.600. The smallest absolute Gasteiger partial charge is 0.768 e. The molecule has 1 aromatic heterocycles. The van der Waals surface area contributed by atoms with Crippen LogP contribution in [0.5, 0.6) is 0 Å². The molecule has 1 heterocycles. The quantitative estimate of drug-likeness (QED) is 0.404. The molecule has 0 N–H and O–H groups in total. The summed E-state index contributed by atoms with van der Waals surface area (Å²) >= 11 is -2.23. The molecule has 0 saturated heterocycles. The number of hydrogen-bond donors (Lipinski definition) is 0. The molecule has 0 radical (unpaired) electrons. The van der Waals surface area contributed by atoms with Gasteiger partial charge in [-0.25, -0.2) is 4.68 Å². The van der Waals surface area contributed by atoms with Gasteiger partial charge in [0.15, 0.2) is 0 Å². The van der Waals surface area contributed by atoms with Gasteiger partial charge in [0.05, 0.1) is 5.69 Å². The predicted octanol–water partition coefficient (Wildman–Crippen LogP) is -3.10. The summed E-state index contributed by atoms with van der Waals surface area (Å²) in [7, 11) is 0. The topological polar surface area (TPSA) is 83.7 Å². The number of hydrogen-bond acceptors (Lipinski definition) is 5. The number of benzene rings is 1. The first-order valence-electron chi connectivity index (χ1n) is 3.70. The Morgan fingerprint density at radius 1 is 1.40 bits per heavy atom. The van der Waals surface area contributed by atoms with E-state index in [2.05, 4.69) is 15.5 Å². The van der Waals surface area contributed by atoms with Crippen molar-refractivity contribution in [1.82, 2.24) is 20.2 Å². The van der Waals surface area contributed by atoms with Crippen LogP contribution in [0.4, 0.5) is 0 Å². The molecule has 72 valence electrons. The zero-order valence-corrected chi connectivity index (χ0v) is 10.7. The molecule has 0 aliphatic carbocycles. The molecular weight excluding hydrogens is 227 g/mol. The van der Waals surface area contributed by atoms with Crippen LogP contribution < -0.4 is 29.6 Å². The van der Waals surface area contributed by atoms with Crippen LogP contribution in [0.3, 0.4) is 0 Å². The van der Waals surface area contributed by atoms with Crippen molar-refractivity contribution in [2.75, 3.05) is 0 Å². The third-order valence-electron chi connectivity index (χ3n) is 1.62. The number of nitrogens with zero attached hydrogens (tertiary/aromatic N) is 4. The number of aromatic nitrogens is 4. The van der Waals surface area contributed by atoms with Gasteiger partial charge >= 0.3 is 29.6 Å². The van der Waals surface area contributed by atoms with Gasteiger partial charge in [-0.1, -0.05) is 6.07 Å². The van der Waals surface area contributed by atoms with E-state index in [0.717, 1.165) is 0 Å². The Kier molecular flexibility index (Phi) is 4.55. The van der Waals surface area contributed by atoms with E-state index in [0.29, 0.717) is 5.69 Å². The molecule has 0 bridgehead atoms. The minimum absolute atomic E-state index is 0. The number of rotatable bonds is 2. The fraction of sp³-hybridized carbons (Fsp3) is 0. The van der Waals surface area contributed by atoms with Crippen molar-refractivity contribution in [2.45, 2.75) is 4.90 Å². The molecule has 1 unspecified atom stereocenters. The summed E-state index contributed by atoms with van der Waals surface area (Å²) in [6, 6.07) is 6.32. The summed E-state index contributed by atoms with van der Waals surface area (Å²) in [5.41, 5.74) is 0.608. The van der Waals surface area contributed by atoms with Crippen molar-refractivity contribution in [1.29, 1.82) is 0 Å². The normalized spacial score (nSPS) is 11.8. The molecule has 1 aromatic carbocycles. The van der Waals surface area contributed by atoms with Crippen LogP contribution in [0, 0.1) is 0 Å². The zero-order chi connectivity index (χ0) is 9.97. The van der Waals surface area contributed by atoms with Crippen LogP contribution >= 0.6 is 0 Å². The van der Waals surface area contributed by atoms with Gasteiger partial charge in [-0.05, 0) is 39.7 Å². The second-order valence-corrected chi connectivity index (χ2v) is 3.43. The SMILES string of the molecule is O=S([O-])c1cccc(-n2cnnn2)c1.[Na+]. The monoisotopic (exact) mass is 232 g/mol. The molecule has 8 heteroatoms. The maximum atomic E-state index is 10.7. The van der Waals surface area contributed by atoms with Gasteiger partial charge < -0.3 is 4.55 Å². The maximum Gasteiger partial charge on any atom is 1.00 e. The molecule has 0 aliphatic rings. The van der Waals surface area contributed by atoms with Crippen molar-refractivity contribution < 1.29 is 38.3 Å². The van der Waals surface area contributed by atoms with Gasteiger partial charge in [-0.15, -0.1) is 5.10 Å². The molecule has 0 aliphatic heterocycles. The van der Waals surface area contributed by atoms with Gasteiger partial charge in [0, 0.05) is 4.90 Å². The second kappa shape index (κ2) is 5.47. The maximum absolute atomic E-state index is 10.7. The zero-order valence-electron chi connectivity index (χ0n) is 7.90.